The van der Waals surface area contributed by atoms with E-state index in [1.54, 1.807) is 65.1 Å². The van der Waals surface area contributed by atoms with Crippen molar-refractivity contribution in [2.45, 2.75) is 51.2 Å². The van der Waals surface area contributed by atoms with E-state index < -0.39 is 10.0 Å². The van der Waals surface area contributed by atoms with Gasteiger partial charge in [-0.25, -0.2) is 17.4 Å². The van der Waals surface area contributed by atoms with E-state index in [2.05, 4.69) is 47.0 Å². The van der Waals surface area contributed by atoms with Gasteiger partial charge in [0.05, 0.1) is 40.5 Å². The van der Waals surface area contributed by atoms with Gasteiger partial charge in [0.2, 0.25) is 5.91 Å². The van der Waals surface area contributed by atoms with E-state index >= 15 is 0 Å². The summed E-state index contributed by atoms with van der Waals surface area (Å²) in [6.07, 6.45) is 7.91. The molecule has 0 N–H and O–H groups in total. The number of aryl methyl sites for hydroxylation is 3. The number of carbonyl (C=O) groups excluding carboxylic acids is 1. The number of aromatic nitrogens is 6. The van der Waals surface area contributed by atoms with Crippen LogP contribution >= 0.6 is 31.9 Å². The van der Waals surface area contributed by atoms with Crippen LogP contribution < -0.4 is 0 Å². The van der Waals surface area contributed by atoms with Crippen molar-refractivity contribution >= 4 is 58.8 Å². The lowest BCUT2D eigenvalue weighted by molar-refractivity contribution is -0.130. The fourth-order valence-corrected chi connectivity index (χ4v) is 7.01. The van der Waals surface area contributed by atoms with Crippen molar-refractivity contribution in [1.82, 2.24) is 33.4 Å². The van der Waals surface area contributed by atoms with Crippen LogP contribution in [0, 0.1) is 13.8 Å². The number of amides is 1. The number of rotatable bonds is 12. The summed E-state index contributed by atoms with van der Waals surface area (Å²) in [5, 5.41) is 9.90. The Bertz CT molecular complexity index is 1910. The molecule has 1 amide bonds. The van der Waals surface area contributed by atoms with Gasteiger partial charge in [0.25, 0.3) is 10.0 Å². The normalized spacial score (nSPS) is 11.9. The Morgan fingerprint density at radius 1 is 1.00 bits per heavy atom. The molecule has 0 saturated heterocycles. The monoisotopic (exact) mass is 745 g/mol. The smallest absolute Gasteiger partial charge is 0.269 e. The zero-order valence-electron chi connectivity index (χ0n) is 24.9. The molecule has 0 fully saturated rings. The van der Waals surface area contributed by atoms with Gasteiger partial charge in [0, 0.05) is 72.9 Å². The molecule has 0 aliphatic carbocycles. The first kappa shape index (κ1) is 32.1. The van der Waals surface area contributed by atoms with Crippen molar-refractivity contribution in [2.24, 2.45) is 0 Å². The van der Waals surface area contributed by atoms with E-state index in [1.807, 2.05) is 32.3 Å². The zero-order valence-corrected chi connectivity index (χ0v) is 28.9. The molecule has 232 valence electrons. The van der Waals surface area contributed by atoms with Gasteiger partial charge in [-0.15, -0.1) is 0 Å². The SMILES string of the molecule is COCCn1cc(Br)c(CN(C)C(=O)CCCn2cc(-c3cn(S(=O)(=O)c4ccc(C)cc4)c4ncc(Br)cc34)c(C)n2)n1. The number of carbonyl (C=O) groups is 1. The molecular weight excluding hydrogens is 714 g/mol. The van der Waals surface area contributed by atoms with Gasteiger partial charge in [-0.05, 0) is 70.3 Å². The van der Waals surface area contributed by atoms with Crippen LogP contribution in [0.3, 0.4) is 0 Å². The van der Waals surface area contributed by atoms with E-state index in [-0.39, 0.29) is 10.8 Å². The maximum Gasteiger partial charge on any atom is 0.269 e. The van der Waals surface area contributed by atoms with E-state index in [4.69, 9.17) is 4.74 Å². The summed E-state index contributed by atoms with van der Waals surface area (Å²) >= 11 is 7.01. The molecule has 11 nitrogen and oxygen atoms in total. The molecule has 4 heterocycles. The van der Waals surface area contributed by atoms with Crippen molar-refractivity contribution in [3.8, 4) is 11.1 Å². The number of halogens is 2. The number of nitrogens with zero attached hydrogens (tertiary/aromatic N) is 7. The van der Waals surface area contributed by atoms with Crippen molar-refractivity contribution in [3.63, 3.8) is 0 Å². The zero-order chi connectivity index (χ0) is 31.6. The molecule has 1 aromatic carbocycles. The van der Waals surface area contributed by atoms with Gasteiger partial charge >= 0.3 is 0 Å². The molecule has 5 rings (SSSR count). The Labute approximate surface area is 273 Å². The summed E-state index contributed by atoms with van der Waals surface area (Å²) in [7, 11) is -0.478. The van der Waals surface area contributed by atoms with Crippen LogP contribution in [0.25, 0.3) is 22.2 Å². The predicted molar refractivity (Wildman–Crippen MR) is 175 cm³/mol. The lowest BCUT2D eigenvalue weighted by Gasteiger charge is -2.16. The second kappa shape index (κ2) is 13.3. The number of benzene rings is 1. The molecule has 0 radical (unpaired) electrons. The number of methoxy groups -OCH3 is 1. The van der Waals surface area contributed by atoms with Gasteiger partial charge in [0.15, 0.2) is 5.65 Å². The highest BCUT2D eigenvalue weighted by atomic mass is 79.9. The number of hydrogen-bond donors (Lipinski definition) is 0. The van der Waals surface area contributed by atoms with Gasteiger partial charge in [-0.3, -0.25) is 14.2 Å². The molecule has 4 aromatic heterocycles. The average molecular weight is 748 g/mol. The Morgan fingerprint density at radius 3 is 2.45 bits per heavy atom. The molecule has 0 atom stereocenters. The second-order valence-corrected chi connectivity index (χ2v) is 14.2. The lowest BCUT2D eigenvalue weighted by atomic mass is 10.1. The highest BCUT2D eigenvalue weighted by Crippen LogP contribution is 2.35. The molecule has 0 bridgehead atoms. The Balaban J connectivity index is 1.31. The van der Waals surface area contributed by atoms with Gasteiger partial charge in [-0.2, -0.15) is 10.2 Å². The topological polar surface area (TPSA) is 117 Å². The predicted octanol–water partition coefficient (Wildman–Crippen LogP) is 5.56. The number of hydrogen-bond acceptors (Lipinski definition) is 7. The summed E-state index contributed by atoms with van der Waals surface area (Å²) < 4.78 is 38.8. The highest BCUT2D eigenvalue weighted by molar-refractivity contribution is 9.10. The Hall–Kier alpha value is -3.33. The van der Waals surface area contributed by atoms with Crippen molar-refractivity contribution < 1.29 is 17.9 Å². The summed E-state index contributed by atoms with van der Waals surface area (Å²) in [6.45, 7) is 5.90. The fourth-order valence-electron chi connectivity index (χ4n) is 4.91. The molecule has 0 aliphatic heterocycles. The average Bonchev–Trinajstić information content (AvgIpc) is 3.66. The minimum atomic E-state index is -3.89. The summed E-state index contributed by atoms with van der Waals surface area (Å²) in [4.78, 5) is 19.2. The summed E-state index contributed by atoms with van der Waals surface area (Å²) in [5.41, 5.74) is 4.34. The number of pyridine rings is 1. The van der Waals surface area contributed by atoms with Crippen molar-refractivity contribution in [2.75, 3.05) is 20.8 Å². The van der Waals surface area contributed by atoms with Crippen LogP contribution in [0.4, 0.5) is 0 Å². The van der Waals surface area contributed by atoms with E-state index in [0.29, 0.717) is 55.7 Å². The third-order valence-corrected chi connectivity index (χ3v) is 10.1. The van der Waals surface area contributed by atoms with Crippen LogP contribution in [0.15, 0.2) is 69.0 Å². The summed E-state index contributed by atoms with van der Waals surface area (Å²) in [6, 6.07) is 8.62. The third-order valence-electron chi connectivity index (χ3n) is 7.30. The van der Waals surface area contributed by atoms with Gasteiger partial charge in [0.1, 0.15) is 0 Å². The second-order valence-electron chi connectivity index (χ2n) is 10.6. The molecular formula is C30H33Br2N7O4S. The molecule has 0 aliphatic rings. The summed E-state index contributed by atoms with van der Waals surface area (Å²) in [5.74, 6) is 0.00718. The molecule has 0 spiro atoms. The largest absolute Gasteiger partial charge is 0.383 e. The van der Waals surface area contributed by atoms with Crippen molar-refractivity contribution in [3.05, 3.63) is 81.0 Å². The van der Waals surface area contributed by atoms with Crippen LogP contribution in [-0.4, -0.2) is 68.5 Å². The third kappa shape index (κ3) is 6.82. The van der Waals surface area contributed by atoms with Crippen LogP contribution in [-0.2, 0) is 39.2 Å². The minimum Gasteiger partial charge on any atom is -0.383 e. The number of fused-ring (bicyclic) bond motifs is 1. The van der Waals surface area contributed by atoms with Crippen LogP contribution in [0.5, 0.6) is 0 Å². The quantitative estimate of drug-likeness (QED) is 0.164. The Kier molecular flexibility index (Phi) is 9.73. The first-order valence-electron chi connectivity index (χ1n) is 14.0. The Morgan fingerprint density at radius 2 is 1.73 bits per heavy atom. The molecule has 0 unspecified atom stereocenters. The molecule has 44 heavy (non-hydrogen) atoms. The lowest BCUT2D eigenvalue weighted by Crippen LogP contribution is -2.26. The standard InChI is InChI=1S/C30H33Br2N7O4S/c1-20-7-9-23(10-8-20)44(41,42)39-17-26(24-14-22(31)15-33-30(24)39)25-16-37(34-21(25)2)11-5-6-29(40)36(3)19-28-27(32)18-38(35-28)12-13-43-4/h7-10,14-18H,5-6,11-13,19H2,1-4H3. The van der Waals surface area contributed by atoms with Gasteiger partial charge < -0.3 is 9.64 Å². The van der Waals surface area contributed by atoms with E-state index in [9.17, 15) is 13.2 Å². The maximum atomic E-state index is 13.7. The molecule has 5 aromatic rings. The fraction of sp³-hybridized carbons (Fsp3) is 0.333. The van der Waals surface area contributed by atoms with Crippen LogP contribution in [0.2, 0.25) is 0 Å². The van der Waals surface area contributed by atoms with Crippen LogP contribution in [0.1, 0.15) is 29.8 Å². The number of ether oxygens (including phenoxy) is 1. The first-order valence-corrected chi connectivity index (χ1v) is 17.0. The first-order chi connectivity index (χ1) is 21.0. The molecule has 0 saturated carbocycles. The molecule has 14 heteroatoms. The highest BCUT2D eigenvalue weighted by Gasteiger charge is 2.24. The minimum absolute atomic E-state index is 0.00718. The maximum absolute atomic E-state index is 13.7. The van der Waals surface area contributed by atoms with Gasteiger partial charge in [-0.1, -0.05) is 17.7 Å². The van der Waals surface area contributed by atoms with E-state index in [1.165, 1.54) is 3.97 Å². The van der Waals surface area contributed by atoms with E-state index in [0.717, 1.165) is 31.5 Å². The van der Waals surface area contributed by atoms with Crippen molar-refractivity contribution in [1.29, 1.82) is 0 Å².